The highest BCUT2D eigenvalue weighted by Crippen LogP contribution is 2.44. The van der Waals surface area contributed by atoms with Crippen molar-refractivity contribution < 1.29 is 9.53 Å². The molecule has 86 valence electrons. The molecule has 2 atom stereocenters. The van der Waals surface area contributed by atoms with Crippen molar-refractivity contribution in [3.8, 4) is 0 Å². The van der Waals surface area contributed by atoms with Crippen molar-refractivity contribution in [1.82, 2.24) is 0 Å². The van der Waals surface area contributed by atoms with Gasteiger partial charge in [0.1, 0.15) is 0 Å². The van der Waals surface area contributed by atoms with Crippen LogP contribution in [0.2, 0.25) is 0 Å². The van der Waals surface area contributed by atoms with Crippen molar-refractivity contribution >= 4 is 5.97 Å². The van der Waals surface area contributed by atoms with Crippen LogP contribution in [0.5, 0.6) is 0 Å². The number of ether oxygens (including phenoxy) is 1. The standard InChI is InChI=1S/C13H22O2/c1-10-6-5-9-13(2,3)11(10)7-8-12(14)15-4/h7-8,10-11H,5-6,9H2,1-4H3/b8-7+/t10-,11+/m0/s1. The smallest absolute Gasteiger partial charge is 0.330 e. The molecule has 0 N–H and O–H groups in total. The van der Waals surface area contributed by atoms with Crippen LogP contribution in [0, 0.1) is 17.3 Å². The Morgan fingerprint density at radius 1 is 1.47 bits per heavy atom. The Morgan fingerprint density at radius 3 is 2.67 bits per heavy atom. The first-order valence-electron chi connectivity index (χ1n) is 5.73. The third-order valence-electron chi connectivity index (χ3n) is 3.64. The van der Waals surface area contributed by atoms with Crippen molar-refractivity contribution in [2.24, 2.45) is 17.3 Å². The van der Waals surface area contributed by atoms with Crippen molar-refractivity contribution in [3.05, 3.63) is 12.2 Å². The van der Waals surface area contributed by atoms with Gasteiger partial charge in [-0.2, -0.15) is 0 Å². The highest BCUT2D eigenvalue weighted by molar-refractivity contribution is 5.81. The molecular formula is C13H22O2. The molecule has 0 unspecified atom stereocenters. The Bertz CT molecular complexity index is 253. The van der Waals surface area contributed by atoms with Gasteiger partial charge in [0.15, 0.2) is 0 Å². The normalized spacial score (nSPS) is 30.4. The van der Waals surface area contributed by atoms with Crippen LogP contribution in [-0.2, 0) is 9.53 Å². The number of methoxy groups -OCH3 is 1. The second kappa shape index (κ2) is 4.82. The molecule has 0 aromatic heterocycles. The zero-order valence-corrected chi connectivity index (χ0v) is 10.2. The van der Waals surface area contributed by atoms with Gasteiger partial charge in [0, 0.05) is 6.08 Å². The summed E-state index contributed by atoms with van der Waals surface area (Å²) in [6.45, 7) is 6.84. The topological polar surface area (TPSA) is 26.3 Å². The fraction of sp³-hybridized carbons (Fsp3) is 0.769. The highest BCUT2D eigenvalue weighted by Gasteiger charge is 2.34. The van der Waals surface area contributed by atoms with E-state index in [1.807, 2.05) is 6.08 Å². The molecule has 0 amide bonds. The molecule has 0 heterocycles. The predicted octanol–water partition coefficient (Wildman–Crippen LogP) is 3.18. The van der Waals surface area contributed by atoms with Gasteiger partial charge < -0.3 is 4.74 Å². The lowest BCUT2D eigenvalue weighted by Gasteiger charge is -2.41. The summed E-state index contributed by atoms with van der Waals surface area (Å²) in [4.78, 5) is 11.1. The molecule has 2 nitrogen and oxygen atoms in total. The van der Waals surface area contributed by atoms with E-state index in [1.54, 1.807) is 6.08 Å². The summed E-state index contributed by atoms with van der Waals surface area (Å²) in [5.41, 5.74) is 0.308. The summed E-state index contributed by atoms with van der Waals surface area (Å²) in [7, 11) is 1.42. The van der Waals surface area contributed by atoms with Crippen LogP contribution in [0.3, 0.4) is 0 Å². The molecule has 1 rings (SSSR count). The molecule has 15 heavy (non-hydrogen) atoms. The van der Waals surface area contributed by atoms with E-state index in [9.17, 15) is 4.79 Å². The summed E-state index contributed by atoms with van der Waals surface area (Å²) in [5.74, 6) is 0.906. The first-order valence-corrected chi connectivity index (χ1v) is 5.73. The van der Waals surface area contributed by atoms with E-state index in [4.69, 9.17) is 0 Å². The van der Waals surface area contributed by atoms with Crippen LogP contribution in [0.4, 0.5) is 0 Å². The van der Waals surface area contributed by atoms with Crippen molar-refractivity contribution in [1.29, 1.82) is 0 Å². The van der Waals surface area contributed by atoms with Crippen LogP contribution >= 0.6 is 0 Å². The number of esters is 1. The number of hydrogen-bond acceptors (Lipinski definition) is 2. The summed E-state index contributed by atoms with van der Waals surface area (Å²) in [6.07, 6.45) is 7.42. The van der Waals surface area contributed by atoms with Gasteiger partial charge in [-0.05, 0) is 23.7 Å². The molecule has 0 bridgehead atoms. The van der Waals surface area contributed by atoms with E-state index in [0.717, 1.165) is 0 Å². The Morgan fingerprint density at radius 2 is 2.13 bits per heavy atom. The van der Waals surface area contributed by atoms with Gasteiger partial charge in [-0.1, -0.05) is 39.7 Å². The van der Waals surface area contributed by atoms with Crippen LogP contribution in [0.1, 0.15) is 40.0 Å². The zero-order valence-electron chi connectivity index (χ0n) is 10.2. The molecule has 1 fully saturated rings. The van der Waals surface area contributed by atoms with E-state index in [2.05, 4.69) is 25.5 Å². The molecule has 0 radical (unpaired) electrons. The van der Waals surface area contributed by atoms with E-state index in [0.29, 0.717) is 17.3 Å². The maximum Gasteiger partial charge on any atom is 0.330 e. The summed E-state index contributed by atoms with van der Waals surface area (Å²) >= 11 is 0. The lowest BCUT2D eigenvalue weighted by atomic mass is 9.64. The average molecular weight is 210 g/mol. The second-order valence-electron chi connectivity index (χ2n) is 5.27. The lowest BCUT2D eigenvalue weighted by Crippen LogP contribution is -2.32. The van der Waals surface area contributed by atoms with Crippen LogP contribution in [0.15, 0.2) is 12.2 Å². The highest BCUT2D eigenvalue weighted by atomic mass is 16.5. The quantitative estimate of drug-likeness (QED) is 0.517. The molecular weight excluding hydrogens is 188 g/mol. The summed E-state index contributed by atoms with van der Waals surface area (Å²) < 4.78 is 4.62. The summed E-state index contributed by atoms with van der Waals surface area (Å²) in [6, 6.07) is 0. The van der Waals surface area contributed by atoms with Crippen molar-refractivity contribution in [2.45, 2.75) is 40.0 Å². The van der Waals surface area contributed by atoms with Gasteiger partial charge in [0.25, 0.3) is 0 Å². The van der Waals surface area contributed by atoms with E-state index < -0.39 is 0 Å². The first-order chi connectivity index (χ1) is 6.97. The molecule has 1 aliphatic carbocycles. The van der Waals surface area contributed by atoms with Crippen LogP contribution in [0.25, 0.3) is 0 Å². The minimum atomic E-state index is -0.247. The fourth-order valence-corrected chi connectivity index (χ4v) is 2.70. The summed E-state index contributed by atoms with van der Waals surface area (Å²) in [5, 5.41) is 0. The minimum absolute atomic E-state index is 0.247. The second-order valence-corrected chi connectivity index (χ2v) is 5.27. The molecule has 0 aliphatic heterocycles. The third-order valence-corrected chi connectivity index (χ3v) is 3.64. The molecule has 0 spiro atoms. The molecule has 1 aliphatic rings. The number of hydrogen-bond donors (Lipinski definition) is 0. The maximum absolute atomic E-state index is 11.1. The number of carbonyl (C=O) groups excluding carboxylic acids is 1. The Hall–Kier alpha value is -0.790. The molecule has 0 aromatic carbocycles. The lowest BCUT2D eigenvalue weighted by molar-refractivity contribution is -0.134. The van der Waals surface area contributed by atoms with E-state index >= 15 is 0 Å². The van der Waals surface area contributed by atoms with Gasteiger partial charge in [0.05, 0.1) is 7.11 Å². The minimum Gasteiger partial charge on any atom is -0.466 e. The Labute approximate surface area is 92.7 Å². The number of allylic oxidation sites excluding steroid dienone is 1. The first kappa shape index (κ1) is 12.3. The van der Waals surface area contributed by atoms with Gasteiger partial charge in [-0.3, -0.25) is 0 Å². The molecule has 0 saturated heterocycles. The van der Waals surface area contributed by atoms with E-state index in [1.165, 1.54) is 26.4 Å². The molecule has 2 heteroatoms. The predicted molar refractivity (Wildman–Crippen MR) is 61.4 cm³/mol. The third kappa shape index (κ3) is 3.08. The van der Waals surface area contributed by atoms with Crippen LogP contribution in [-0.4, -0.2) is 13.1 Å². The average Bonchev–Trinajstić information content (AvgIpc) is 2.15. The van der Waals surface area contributed by atoms with E-state index in [-0.39, 0.29) is 5.97 Å². The largest absolute Gasteiger partial charge is 0.466 e. The van der Waals surface area contributed by atoms with Crippen LogP contribution < -0.4 is 0 Å². The Kier molecular flexibility index (Phi) is 3.95. The van der Waals surface area contributed by atoms with Crippen molar-refractivity contribution in [2.75, 3.05) is 7.11 Å². The van der Waals surface area contributed by atoms with Gasteiger partial charge in [-0.25, -0.2) is 4.79 Å². The molecule has 0 aromatic rings. The van der Waals surface area contributed by atoms with Gasteiger partial charge >= 0.3 is 5.97 Å². The Balaban J connectivity index is 2.71. The maximum atomic E-state index is 11.1. The SMILES string of the molecule is COC(=O)/C=C/[C@@H]1[C@@H](C)CCCC1(C)C. The fourth-order valence-electron chi connectivity index (χ4n) is 2.70. The molecule has 1 saturated carbocycles. The number of rotatable bonds is 2. The van der Waals surface area contributed by atoms with Crippen molar-refractivity contribution in [3.63, 3.8) is 0 Å². The number of carbonyl (C=O) groups is 1. The van der Waals surface area contributed by atoms with Gasteiger partial charge in [-0.15, -0.1) is 0 Å². The monoisotopic (exact) mass is 210 g/mol. The van der Waals surface area contributed by atoms with Gasteiger partial charge in [0.2, 0.25) is 0 Å². The zero-order chi connectivity index (χ0) is 11.5.